The Kier molecular flexibility index (Phi) is 7.74. The maximum absolute atomic E-state index is 6.11. The molecule has 3 nitrogen and oxygen atoms in total. The van der Waals surface area contributed by atoms with Crippen molar-refractivity contribution in [1.82, 2.24) is 9.55 Å². The predicted octanol–water partition coefficient (Wildman–Crippen LogP) is 3.95. The van der Waals surface area contributed by atoms with E-state index in [9.17, 15) is 0 Å². The Hall–Kier alpha value is -0.830. The van der Waals surface area contributed by atoms with Gasteiger partial charge in [0.15, 0.2) is 0 Å². The van der Waals surface area contributed by atoms with Crippen molar-refractivity contribution in [1.29, 1.82) is 0 Å². The van der Waals surface area contributed by atoms with Gasteiger partial charge in [-0.05, 0) is 6.42 Å². The topological polar surface area (TPSA) is 43.8 Å². The summed E-state index contributed by atoms with van der Waals surface area (Å²) in [6, 6.07) is 0.117. The average Bonchev–Trinajstić information content (AvgIpc) is 2.79. The van der Waals surface area contributed by atoms with Gasteiger partial charge in [-0.25, -0.2) is 4.98 Å². The van der Waals surface area contributed by atoms with Crippen LogP contribution in [0.25, 0.3) is 0 Å². The van der Waals surface area contributed by atoms with E-state index in [1.165, 1.54) is 51.4 Å². The summed E-state index contributed by atoms with van der Waals surface area (Å²) in [5.41, 5.74) is 7.14. The molecule has 0 saturated heterocycles. The second-order valence-corrected chi connectivity index (χ2v) is 5.33. The van der Waals surface area contributed by atoms with Crippen LogP contribution in [0.5, 0.6) is 0 Å². The lowest BCUT2D eigenvalue weighted by atomic mass is 10.0. The average molecular weight is 251 g/mol. The van der Waals surface area contributed by atoms with Crippen molar-refractivity contribution >= 4 is 0 Å². The van der Waals surface area contributed by atoms with Gasteiger partial charge >= 0.3 is 0 Å². The zero-order valence-corrected chi connectivity index (χ0v) is 12.1. The number of hydrogen-bond acceptors (Lipinski definition) is 2. The quantitative estimate of drug-likeness (QED) is 0.640. The molecule has 0 aliphatic carbocycles. The zero-order chi connectivity index (χ0) is 13.2. The van der Waals surface area contributed by atoms with Gasteiger partial charge in [0.05, 0.1) is 12.0 Å². The van der Waals surface area contributed by atoms with Gasteiger partial charge in [-0.3, -0.25) is 0 Å². The largest absolute Gasteiger partial charge is 0.340 e. The van der Waals surface area contributed by atoms with Crippen molar-refractivity contribution in [3.63, 3.8) is 0 Å². The number of aromatic nitrogens is 2. The molecule has 0 radical (unpaired) electrons. The molecule has 0 spiro atoms. The van der Waals surface area contributed by atoms with Crippen LogP contribution in [0.3, 0.4) is 0 Å². The van der Waals surface area contributed by atoms with E-state index in [1.54, 1.807) is 0 Å². The van der Waals surface area contributed by atoms with Gasteiger partial charge < -0.3 is 10.3 Å². The number of unbranched alkanes of at least 4 members (excludes halogenated alkanes) is 7. The number of nitrogens with zero attached hydrogens (tertiary/aromatic N) is 2. The minimum atomic E-state index is 0.117. The first kappa shape index (κ1) is 15.2. The molecule has 0 aliphatic heterocycles. The molecule has 1 aromatic heterocycles. The first-order chi connectivity index (χ1) is 8.74. The standard InChI is InChI=1S/C15H29N3/c1-3-4-5-6-7-8-9-10-11-14(16)15-12-18(2)13-17-15/h12-14H,3-11,16H2,1-2H3. The third-order valence-electron chi connectivity index (χ3n) is 3.47. The molecule has 1 atom stereocenters. The summed E-state index contributed by atoms with van der Waals surface area (Å²) in [5, 5.41) is 0. The smallest absolute Gasteiger partial charge is 0.0947 e. The summed E-state index contributed by atoms with van der Waals surface area (Å²) in [6.45, 7) is 2.26. The molecule has 1 rings (SSSR count). The molecule has 1 unspecified atom stereocenters. The van der Waals surface area contributed by atoms with Crippen LogP contribution < -0.4 is 5.73 Å². The molecule has 0 aliphatic rings. The number of aryl methyl sites for hydroxylation is 1. The fourth-order valence-corrected chi connectivity index (χ4v) is 2.27. The van der Waals surface area contributed by atoms with E-state index >= 15 is 0 Å². The Balaban J connectivity index is 1.97. The molecule has 0 amide bonds. The highest BCUT2D eigenvalue weighted by atomic mass is 15.0. The van der Waals surface area contributed by atoms with E-state index in [4.69, 9.17) is 5.73 Å². The van der Waals surface area contributed by atoms with Gasteiger partial charge in [0, 0.05) is 19.3 Å². The Morgan fingerprint density at radius 2 is 1.72 bits per heavy atom. The number of hydrogen-bond donors (Lipinski definition) is 1. The Bertz CT molecular complexity index is 306. The number of nitrogens with two attached hydrogens (primary N) is 1. The highest BCUT2D eigenvalue weighted by molar-refractivity contribution is 5.02. The Morgan fingerprint density at radius 3 is 2.28 bits per heavy atom. The Labute approximate surface area is 112 Å². The molecular formula is C15H29N3. The summed E-state index contributed by atoms with van der Waals surface area (Å²) in [4.78, 5) is 4.30. The van der Waals surface area contributed by atoms with E-state index < -0.39 is 0 Å². The molecule has 0 aromatic carbocycles. The SMILES string of the molecule is CCCCCCCCCCC(N)c1cn(C)cn1. The summed E-state index contributed by atoms with van der Waals surface area (Å²) in [7, 11) is 1.99. The molecule has 0 saturated carbocycles. The van der Waals surface area contributed by atoms with Crippen LogP contribution in [-0.4, -0.2) is 9.55 Å². The molecule has 18 heavy (non-hydrogen) atoms. The van der Waals surface area contributed by atoms with Crippen molar-refractivity contribution in [2.45, 2.75) is 70.8 Å². The van der Waals surface area contributed by atoms with Gasteiger partial charge in [-0.1, -0.05) is 58.3 Å². The predicted molar refractivity (Wildman–Crippen MR) is 77.4 cm³/mol. The molecule has 3 heteroatoms. The van der Waals surface area contributed by atoms with Gasteiger partial charge in [-0.15, -0.1) is 0 Å². The minimum absolute atomic E-state index is 0.117. The van der Waals surface area contributed by atoms with Crippen LogP contribution in [0, 0.1) is 0 Å². The maximum atomic E-state index is 6.11. The third-order valence-corrected chi connectivity index (χ3v) is 3.47. The maximum Gasteiger partial charge on any atom is 0.0947 e. The van der Waals surface area contributed by atoms with Crippen LogP contribution in [-0.2, 0) is 7.05 Å². The lowest BCUT2D eigenvalue weighted by Crippen LogP contribution is -2.10. The van der Waals surface area contributed by atoms with Gasteiger partial charge in [0.2, 0.25) is 0 Å². The summed E-state index contributed by atoms with van der Waals surface area (Å²) in [6.07, 6.45) is 15.7. The van der Waals surface area contributed by atoms with Gasteiger partial charge in [0.25, 0.3) is 0 Å². The van der Waals surface area contributed by atoms with E-state index in [0.29, 0.717) is 0 Å². The fraction of sp³-hybridized carbons (Fsp3) is 0.800. The molecule has 1 heterocycles. The van der Waals surface area contributed by atoms with Crippen LogP contribution in [0.1, 0.15) is 76.4 Å². The van der Waals surface area contributed by atoms with E-state index in [1.807, 2.05) is 24.1 Å². The summed E-state index contributed by atoms with van der Waals surface area (Å²) < 4.78 is 1.96. The third kappa shape index (κ3) is 6.20. The lowest BCUT2D eigenvalue weighted by Gasteiger charge is -2.08. The van der Waals surface area contributed by atoms with Crippen molar-refractivity contribution in [3.8, 4) is 0 Å². The lowest BCUT2D eigenvalue weighted by molar-refractivity contribution is 0.532. The van der Waals surface area contributed by atoms with E-state index in [-0.39, 0.29) is 6.04 Å². The molecular weight excluding hydrogens is 222 g/mol. The van der Waals surface area contributed by atoms with Crippen LogP contribution in [0.15, 0.2) is 12.5 Å². The van der Waals surface area contributed by atoms with Crippen molar-refractivity contribution in [2.24, 2.45) is 12.8 Å². The fourth-order valence-electron chi connectivity index (χ4n) is 2.27. The first-order valence-electron chi connectivity index (χ1n) is 7.47. The number of rotatable bonds is 10. The molecule has 0 bridgehead atoms. The number of imidazole rings is 1. The molecule has 1 aromatic rings. The van der Waals surface area contributed by atoms with Crippen molar-refractivity contribution < 1.29 is 0 Å². The molecule has 104 valence electrons. The normalized spacial score (nSPS) is 12.8. The minimum Gasteiger partial charge on any atom is -0.340 e. The van der Waals surface area contributed by atoms with E-state index in [0.717, 1.165) is 12.1 Å². The zero-order valence-electron chi connectivity index (χ0n) is 12.1. The summed E-state index contributed by atoms with van der Waals surface area (Å²) in [5.74, 6) is 0. The van der Waals surface area contributed by atoms with Crippen LogP contribution in [0.4, 0.5) is 0 Å². The second-order valence-electron chi connectivity index (χ2n) is 5.33. The highest BCUT2D eigenvalue weighted by Gasteiger charge is 2.07. The van der Waals surface area contributed by atoms with Crippen LogP contribution in [0.2, 0.25) is 0 Å². The van der Waals surface area contributed by atoms with Crippen molar-refractivity contribution in [3.05, 3.63) is 18.2 Å². The van der Waals surface area contributed by atoms with Gasteiger partial charge in [-0.2, -0.15) is 0 Å². The molecule has 2 N–H and O–H groups in total. The Morgan fingerprint density at radius 1 is 1.11 bits per heavy atom. The first-order valence-corrected chi connectivity index (χ1v) is 7.47. The van der Waals surface area contributed by atoms with Crippen LogP contribution >= 0.6 is 0 Å². The molecule has 0 fully saturated rings. The monoisotopic (exact) mass is 251 g/mol. The summed E-state index contributed by atoms with van der Waals surface area (Å²) >= 11 is 0. The second kappa shape index (κ2) is 9.15. The van der Waals surface area contributed by atoms with Gasteiger partial charge in [0.1, 0.15) is 0 Å². The van der Waals surface area contributed by atoms with E-state index in [2.05, 4.69) is 11.9 Å². The highest BCUT2D eigenvalue weighted by Crippen LogP contribution is 2.16. The van der Waals surface area contributed by atoms with Crippen molar-refractivity contribution in [2.75, 3.05) is 0 Å².